The minimum Gasteiger partial charge on any atom is -0.360 e. The Hall–Kier alpha value is -1.38. The molecule has 0 fully saturated rings. The molecule has 0 atom stereocenters. The van der Waals surface area contributed by atoms with Crippen molar-refractivity contribution in [3.63, 3.8) is 0 Å². The molecule has 3 nitrogen and oxygen atoms in total. The molecule has 1 heterocycles. The van der Waals surface area contributed by atoms with Crippen LogP contribution in [-0.4, -0.2) is 22.8 Å². The number of hydrogen-bond acceptors (Lipinski definition) is 2. The second-order valence-electron chi connectivity index (χ2n) is 2.80. The molecule has 1 aromatic rings. The van der Waals surface area contributed by atoms with Crippen LogP contribution in [0.4, 0.5) is 0 Å². The molecule has 1 N–H and O–H groups in total. The van der Waals surface area contributed by atoms with E-state index in [0.29, 0.717) is 5.84 Å². The topological polar surface area (TPSA) is 40.0 Å². The lowest BCUT2D eigenvalue weighted by Gasteiger charge is -2.16. The fraction of sp³-hybridized carbons (Fsp3) is 0.333. The quantitative estimate of drug-likeness (QED) is 0.530. The van der Waals surface area contributed by atoms with E-state index in [1.54, 1.807) is 19.3 Å². The van der Waals surface area contributed by atoms with Crippen LogP contribution in [0.25, 0.3) is 0 Å². The van der Waals surface area contributed by atoms with Crippen LogP contribution in [0, 0.1) is 5.41 Å². The highest BCUT2D eigenvalue weighted by Gasteiger charge is 1.98. The molecule has 0 spiro atoms. The summed E-state index contributed by atoms with van der Waals surface area (Å²) in [7, 11) is 1.91. The Kier molecular flexibility index (Phi) is 2.80. The molecule has 0 aromatic carbocycles. The molecular formula is C9H13N3. The highest BCUT2D eigenvalue weighted by molar-refractivity contribution is 5.75. The van der Waals surface area contributed by atoms with Gasteiger partial charge in [0.1, 0.15) is 0 Å². The number of aromatic nitrogens is 1. The van der Waals surface area contributed by atoms with E-state index in [9.17, 15) is 0 Å². The van der Waals surface area contributed by atoms with E-state index < -0.39 is 0 Å². The normalized spacial score (nSPS) is 9.50. The first-order valence-electron chi connectivity index (χ1n) is 3.85. The lowest BCUT2D eigenvalue weighted by molar-refractivity contribution is 0.494. The number of pyridine rings is 1. The molecule has 0 aliphatic carbocycles. The van der Waals surface area contributed by atoms with Gasteiger partial charge in [0.25, 0.3) is 0 Å². The molecule has 0 amide bonds. The van der Waals surface area contributed by atoms with Gasteiger partial charge in [-0.2, -0.15) is 0 Å². The van der Waals surface area contributed by atoms with Gasteiger partial charge in [-0.25, -0.2) is 0 Å². The summed E-state index contributed by atoms with van der Waals surface area (Å²) < 4.78 is 0. The SMILES string of the molecule is CC(=N)N(C)Cc1ccncc1. The van der Waals surface area contributed by atoms with E-state index in [1.807, 2.05) is 24.1 Å². The molecule has 0 radical (unpaired) electrons. The standard InChI is InChI=1S/C9H13N3/c1-8(10)12(2)7-9-3-5-11-6-4-9/h3-6,10H,7H2,1-2H3. The van der Waals surface area contributed by atoms with Crippen molar-refractivity contribution in [1.82, 2.24) is 9.88 Å². The van der Waals surface area contributed by atoms with Crippen LogP contribution in [0.2, 0.25) is 0 Å². The number of hydrogen-bond donors (Lipinski definition) is 1. The molecule has 1 aromatic heterocycles. The summed E-state index contributed by atoms with van der Waals surface area (Å²) in [6.07, 6.45) is 3.53. The third-order valence-corrected chi connectivity index (χ3v) is 1.74. The average Bonchev–Trinajstić information content (AvgIpc) is 2.06. The largest absolute Gasteiger partial charge is 0.360 e. The second-order valence-corrected chi connectivity index (χ2v) is 2.80. The van der Waals surface area contributed by atoms with Crippen molar-refractivity contribution in [3.05, 3.63) is 30.1 Å². The van der Waals surface area contributed by atoms with E-state index >= 15 is 0 Å². The van der Waals surface area contributed by atoms with E-state index in [1.165, 1.54) is 5.56 Å². The van der Waals surface area contributed by atoms with Crippen molar-refractivity contribution >= 4 is 5.84 Å². The van der Waals surface area contributed by atoms with E-state index in [-0.39, 0.29) is 0 Å². The fourth-order valence-electron chi connectivity index (χ4n) is 0.881. The predicted molar refractivity (Wildman–Crippen MR) is 49.1 cm³/mol. The molecule has 0 saturated carbocycles. The van der Waals surface area contributed by atoms with Crippen LogP contribution in [0.3, 0.4) is 0 Å². The molecule has 0 aliphatic rings. The lowest BCUT2D eigenvalue weighted by Crippen LogP contribution is -2.22. The number of amidine groups is 1. The third kappa shape index (κ3) is 2.34. The van der Waals surface area contributed by atoms with Gasteiger partial charge in [-0.15, -0.1) is 0 Å². The summed E-state index contributed by atoms with van der Waals surface area (Å²) in [5, 5.41) is 7.36. The second kappa shape index (κ2) is 3.85. The van der Waals surface area contributed by atoms with E-state index in [4.69, 9.17) is 5.41 Å². The van der Waals surface area contributed by atoms with Crippen molar-refractivity contribution in [2.24, 2.45) is 0 Å². The molecule has 0 bridgehead atoms. The van der Waals surface area contributed by atoms with Gasteiger partial charge >= 0.3 is 0 Å². The molecule has 0 unspecified atom stereocenters. The maximum Gasteiger partial charge on any atom is 0.0926 e. The number of nitrogens with one attached hydrogen (secondary N) is 1. The van der Waals surface area contributed by atoms with Crippen molar-refractivity contribution in [3.8, 4) is 0 Å². The Balaban J connectivity index is 2.58. The van der Waals surface area contributed by atoms with Crippen LogP contribution in [0.5, 0.6) is 0 Å². The van der Waals surface area contributed by atoms with Gasteiger partial charge < -0.3 is 4.90 Å². The van der Waals surface area contributed by atoms with Gasteiger partial charge in [-0.05, 0) is 24.6 Å². The van der Waals surface area contributed by atoms with Crippen molar-refractivity contribution in [2.45, 2.75) is 13.5 Å². The van der Waals surface area contributed by atoms with Gasteiger partial charge in [0.2, 0.25) is 0 Å². The summed E-state index contributed by atoms with van der Waals surface area (Å²) in [5.41, 5.74) is 1.18. The monoisotopic (exact) mass is 163 g/mol. The molecule has 64 valence electrons. The molecule has 12 heavy (non-hydrogen) atoms. The first kappa shape index (κ1) is 8.71. The van der Waals surface area contributed by atoms with Crippen molar-refractivity contribution < 1.29 is 0 Å². The summed E-state index contributed by atoms with van der Waals surface area (Å²) >= 11 is 0. The van der Waals surface area contributed by atoms with Gasteiger partial charge in [0.15, 0.2) is 0 Å². The summed E-state index contributed by atoms with van der Waals surface area (Å²) in [4.78, 5) is 5.81. The Morgan fingerprint density at radius 2 is 2.08 bits per heavy atom. The molecule has 3 heteroatoms. The Labute approximate surface area is 72.6 Å². The highest BCUT2D eigenvalue weighted by atomic mass is 15.1. The summed E-state index contributed by atoms with van der Waals surface area (Å²) in [6, 6.07) is 3.92. The first-order chi connectivity index (χ1) is 5.70. The Morgan fingerprint density at radius 1 is 1.50 bits per heavy atom. The Morgan fingerprint density at radius 3 is 2.58 bits per heavy atom. The maximum atomic E-state index is 7.36. The fourth-order valence-corrected chi connectivity index (χ4v) is 0.881. The number of nitrogens with zero attached hydrogens (tertiary/aromatic N) is 2. The van der Waals surface area contributed by atoms with Gasteiger partial charge in [-0.1, -0.05) is 0 Å². The first-order valence-corrected chi connectivity index (χ1v) is 3.85. The molecular weight excluding hydrogens is 150 g/mol. The Bertz CT molecular complexity index is 256. The zero-order valence-corrected chi connectivity index (χ0v) is 7.41. The molecule has 1 rings (SSSR count). The van der Waals surface area contributed by atoms with Crippen LogP contribution >= 0.6 is 0 Å². The maximum absolute atomic E-state index is 7.36. The van der Waals surface area contributed by atoms with E-state index in [0.717, 1.165) is 6.54 Å². The van der Waals surface area contributed by atoms with Crippen molar-refractivity contribution in [2.75, 3.05) is 7.05 Å². The minimum absolute atomic E-state index is 0.576. The van der Waals surface area contributed by atoms with Gasteiger partial charge in [-0.3, -0.25) is 10.4 Å². The smallest absolute Gasteiger partial charge is 0.0926 e. The average molecular weight is 163 g/mol. The highest BCUT2D eigenvalue weighted by Crippen LogP contribution is 2.00. The number of rotatable bonds is 2. The van der Waals surface area contributed by atoms with Crippen LogP contribution in [-0.2, 0) is 6.54 Å². The van der Waals surface area contributed by atoms with Crippen molar-refractivity contribution in [1.29, 1.82) is 5.41 Å². The summed E-state index contributed by atoms with van der Waals surface area (Å²) in [6.45, 7) is 2.55. The van der Waals surface area contributed by atoms with Gasteiger partial charge in [0, 0.05) is 26.0 Å². The lowest BCUT2D eigenvalue weighted by atomic mass is 10.2. The van der Waals surface area contributed by atoms with Crippen LogP contribution in [0.15, 0.2) is 24.5 Å². The van der Waals surface area contributed by atoms with Gasteiger partial charge in [0.05, 0.1) is 5.84 Å². The minimum atomic E-state index is 0.576. The summed E-state index contributed by atoms with van der Waals surface area (Å²) in [5.74, 6) is 0.576. The predicted octanol–water partition coefficient (Wildman–Crippen LogP) is 1.51. The zero-order valence-electron chi connectivity index (χ0n) is 7.41. The van der Waals surface area contributed by atoms with Crippen LogP contribution in [0.1, 0.15) is 12.5 Å². The zero-order chi connectivity index (χ0) is 8.97. The molecule has 0 saturated heterocycles. The molecule has 0 aliphatic heterocycles. The van der Waals surface area contributed by atoms with E-state index in [2.05, 4.69) is 4.98 Å². The third-order valence-electron chi connectivity index (χ3n) is 1.74. The van der Waals surface area contributed by atoms with Crippen LogP contribution < -0.4 is 0 Å².